The zero-order valence-corrected chi connectivity index (χ0v) is 14.2. The lowest BCUT2D eigenvalue weighted by atomic mass is 9.90. The van der Waals surface area contributed by atoms with E-state index in [-0.39, 0.29) is 17.7 Å². The standard InChI is InChI=1S/C20H18F4N2/c1-11-15(3-2-4-16(11)21)14-6-5-12(9-14)13-7-8-17-18(10-13)26-19(25-17)20(22,23)24/h2-4,7-8,10,12,14H,5-6,9H2,1H3,(H,25,26)/t12?,14-/m0/s1. The van der Waals surface area contributed by atoms with Gasteiger partial charge in [-0.2, -0.15) is 13.2 Å². The van der Waals surface area contributed by atoms with Crippen LogP contribution in [-0.2, 0) is 6.18 Å². The first kappa shape index (κ1) is 17.1. The molecule has 6 heteroatoms. The monoisotopic (exact) mass is 362 g/mol. The summed E-state index contributed by atoms with van der Waals surface area (Å²) in [5.74, 6) is -0.627. The van der Waals surface area contributed by atoms with E-state index in [9.17, 15) is 17.6 Å². The fraction of sp³-hybridized carbons (Fsp3) is 0.350. The topological polar surface area (TPSA) is 28.7 Å². The van der Waals surface area contributed by atoms with E-state index in [1.165, 1.54) is 6.07 Å². The molecule has 1 aliphatic rings. The van der Waals surface area contributed by atoms with Gasteiger partial charge in [-0.15, -0.1) is 0 Å². The summed E-state index contributed by atoms with van der Waals surface area (Å²) < 4.78 is 52.3. The van der Waals surface area contributed by atoms with Crippen LogP contribution in [0.3, 0.4) is 0 Å². The average molecular weight is 362 g/mol. The molecule has 2 atom stereocenters. The number of benzene rings is 2. The molecule has 1 aliphatic carbocycles. The van der Waals surface area contributed by atoms with E-state index in [4.69, 9.17) is 0 Å². The van der Waals surface area contributed by atoms with Gasteiger partial charge in [-0.05, 0) is 72.9 Å². The van der Waals surface area contributed by atoms with Crippen molar-refractivity contribution in [3.63, 3.8) is 0 Å². The molecule has 1 aromatic heterocycles. The van der Waals surface area contributed by atoms with Crippen molar-refractivity contribution in [3.05, 3.63) is 64.7 Å². The Bertz CT molecular complexity index is 958. The van der Waals surface area contributed by atoms with Crippen LogP contribution >= 0.6 is 0 Å². The summed E-state index contributed by atoms with van der Waals surface area (Å²) in [6.07, 6.45) is -1.72. The van der Waals surface area contributed by atoms with E-state index in [2.05, 4.69) is 9.97 Å². The van der Waals surface area contributed by atoms with Gasteiger partial charge in [0, 0.05) is 0 Å². The van der Waals surface area contributed by atoms with Crippen LogP contribution in [0.2, 0.25) is 0 Å². The van der Waals surface area contributed by atoms with Gasteiger partial charge < -0.3 is 4.98 Å². The Morgan fingerprint density at radius 1 is 1.08 bits per heavy atom. The summed E-state index contributed by atoms with van der Waals surface area (Å²) in [6.45, 7) is 1.80. The van der Waals surface area contributed by atoms with E-state index in [0.29, 0.717) is 16.6 Å². The first-order chi connectivity index (χ1) is 12.3. The molecule has 1 saturated carbocycles. The molecule has 0 radical (unpaired) electrons. The van der Waals surface area contributed by atoms with Crippen molar-refractivity contribution >= 4 is 11.0 Å². The van der Waals surface area contributed by atoms with Gasteiger partial charge in [0.2, 0.25) is 5.82 Å². The highest BCUT2D eigenvalue weighted by Crippen LogP contribution is 2.45. The molecule has 0 aliphatic heterocycles. The normalized spacial score (nSPS) is 20.8. The molecule has 1 heterocycles. The quantitative estimate of drug-likeness (QED) is 0.550. The number of halogens is 4. The van der Waals surface area contributed by atoms with Crippen LogP contribution in [0.15, 0.2) is 36.4 Å². The van der Waals surface area contributed by atoms with E-state index in [0.717, 1.165) is 30.4 Å². The Kier molecular flexibility index (Phi) is 4.01. The molecule has 2 nitrogen and oxygen atoms in total. The Hall–Kier alpha value is -2.37. The van der Waals surface area contributed by atoms with Crippen LogP contribution < -0.4 is 0 Å². The average Bonchev–Trinajstić information content (AvgIpc) is 3.23. The maximum Gasteiger partial charge on any atom is 0.449 e. The van der Waals surface area contributed by atoms with E-state index >= 15 is 0 Å². The summed E-state index contributed by atoms with van der Waals surface area (Å²) in [7, 11) is 0. The number of nitrogens with zero attached hydrogens (tertiary/aromatic N) is 1. The van der Waals surface area contributed by atoms with Crippen molar-refractivity contribution in [2.24, 2.45) is 0 Å². The lowest BCUT2D eigenvalue weighted by Gasteiger charge is -2.15. The number of aromatic amines is 1. The van der Waals surface area contributed by atoms with Crippen LogP contribution in [-0.4, -0.2) is 9.97 Å². The Labute approximate surface area is 148 Å². The van der Waals surface area contributed by atoms with E-state index in [1.54, 1.807) is 25.1 Å². The highest BCUT2D eigenvalue weighted by Gasteiger charge is 2.35. The minimum Gasteiger partial charge on any atom is -0.334 e. The fourth-order valence-corrected chi connectivity index (χ4v) is 4.05. The zero-order chi connectivity index (χ0) is 18.5. The summed E-state index contributed by atoms with van der Waals surface area (Å²) in [5.41, 5.74) is 3.45. The third-order valence-corrected chi connectivity index (χ3v) is 5.43. The minimum absolute atomic E-state index is 0.190. The molecule has 26 heavy (non-hydrogen) atoms. The molecule has 1 fully saturated rings. The molecule has 0 amide bonds. The fourth-order valence-electron chi connectivity index (χ4n) is 4.05. The molecule has 4 rings (SSSR count). The lowest BCUT2D eigenvalue weighted by Crippen LogP contribution is -2.06. The minimum atomic E-state index is -4.48. The number of rotatable bonds is 2. The molecular formula is C20H18F4N2. The number of alkyl halides is 3. The third-order valence-electron chi connectivity index (χ3n) is 5.43. The number of hydrogen-bond donors (Lipinski definition) is 1. The number of fused-ring (bicyclic) bond motifs is 1. The molecule has 3 aromatic rings. The van der Waals surface area contributed by atoms with E-state index < -0.39 is 12.0 Å². The second kappa shape index (κ2) is 6.11. The summed E-state index contributed by atoms with van der Waals surface area (Å²) in [6, 6.07) is 10.4. The van der Waals surface area contributed by atoms with Gasteiger partial charge in [0.1, 0.15) is 5.82 Å². The van der Waals surface area contributed by atoms with Gasteiger partial charge in [0.25, 0.3) is 0 Å². The second-order valence-corrected chi connectivity index (χ2v) is 7.02. The molecule has 1 unspecified atom stereocenters. The first-order valence-electron chi connectivity index (χ1n) is 8.65. The Morgan fingerprint density at radius 3 is 2.62 bits per heavy atom. The second-order valence-electron chi connectivity index (χ2n) is 7.02. The van der Waals surface area contributed by atoms with Crippen LogP contribution in [0.1, 0.15) is 53.6 Å². The van der Waals surface area contributed by atoms with Crippen LogP contribution in [0.5, 0.6) is 0 Å². The van der Waals surface area contributed by atoms with Crippen LogP contribution in [0.4, 0.5) is 17.6 Å². The van der Waals surface area contributed by atoms with Gasteiger partial charge in [0.05, 0.1) is 11.0 Å². The summed E-state index contributed by atoms with van der Waals surface area (Å²) in [4.78, 5) is 5.99. The molecule has 0 saturated heterocycles. The van der Waals surface area contributed by atoms with Crippen LogP contribution in [0, 0.1) is 12.7 Å². The third kappa shape index (κ3) is 2.97. The SMILES string of the molecule is Cc1c(F)cccc1[C@H]1CCC(c2ccc3nc(C(F)(F)F)[nH]c3c2)C1. The maximum atomic E-state index is 13.8. The number of imidazole rings is 1. The Balaban J connectivity index is 1.59. The van der Waals surface area contributed by atoms with Crippen molar-refractivity contribution in [2.45, 2.75) is 44.2 Å². The number of H-pyrrole nitrogens is 1. The molecular weight excluding hydrogens is 344 g/mol. The van der Waals surface area contributed by atoms with Gasteiger partial charge in [-0.1, -0.05) is 18.2 Å². The summed E-state index contributed by atoms with van der Waals surface area (Å²) in [5, 5.41) is 0. The Morgan fingerprint density at radius 2 is 1.85 bits per heavy atom. The molecule has 1 N–H and O–H groups in total. The van der Waals surface area contributed by atoms with Crippen molar-refractivity contribution < 1.29 is 17.6 Å². The predicted molar refractivity (Wildman–Crippen MR) is 91.6 cm³/mol. The smallest absolute Gasteiger partial charge is 0.334 e. The number of hydrogen-bond acceptors (Lipinski definition) is 1. The zero-order valence-electron chi connectivity index (χ0n) is 14.2. The van der Waals surface area contributed by atoms with Crippen molar-refractivity contribution in [2.75, 3.05) is 0 Å². The highest BCUT2D eigenvalue weighted by atomic mass is 19.4. The lowest BCUT2D eigenvalue weighted by molar-refractivity contribution is -0.144. The van der Waals surface area contributed by atoms with Crippen LogP contribution in [0.25, 0.3) is 11.0 Å². The first-order valence-corrected chi connectivity index (χ1v) is 8.65. The highest BCUT2D eigenvalue weighted by molar-refractivity contribution is 5.76. The van der Waals surface area contributed by atoms with Gasteiger partial charge in [-0.25, -0.2) is 9.37 Å². The number of aromatic nitrogens is 2. The number of nitrogens with one attached hydrogen (secondary N) is 1. The molecule has 136 valence electrons. The van der Waals surface area contributed by atoms with Crippen molar-refractivity contribution in [1.29, 1.82) is 0 Å². The van der Waals surface area contributed by atoms with E-state index in [1.807, 2.05) is 12.1 Å². The molecule has 0 spiro atoms. The molecule has 0 bridgehead atoms. The largest absolute Gasteiger partial charge is 0.449 e. The van der Waals surface area contributed by atoms with Gasteiger partial charge in [0.15, 0.2) is 0 Å². The van der Waals surface area contributed by atoms with Gasteiger partial charge >= 0.3 is 6.18 Å². The summed E-state index contributed by atoms with van der Waals surface area (Å²) >= 11 is 0. The molecule has 2 aromatic carbocycles. The maximum absolute atomic E-state index is 13.8. The van der Waals surface area contributed by atoms with Crippen molar-refractivity contribution in [3.8, 4) is 0 Å². The van der Waals surface area contributed by atoms with Gasteiger partial charge in [-0.3, -0.25) is 0 Å². The van der Waals surface area contributed by atoms with Crippen molar-refractivity contribution in [1.82, 2.24) is 9.97 Å². The predicted octanol–water partition coefficient (Wildman–Crippen LogP) is 6.08.